The predicted molar refractivity (Wildman–Crippen MR) is 163 cm³/mol. The zero-order valence-electron chi connectivity index (χ0n) is 22.9. The lowest BCUT2D eigenvalue weighted by atomic mass is 9.96. The minimum absolute atomic E-state index is 0.214. The molecule has 3 heterocycles. The first-order chi connectivity index (χ1) is 19.9. The molecule has 6 rings (SSSR count). The summed E-state index contributed by atoms with van der Waals surface area (Å²) in [6, 6.07) is 29.7. The van der Waals surface area contributed by atoms with Gasteiger partial charge in [-0.15, -0.1) is 0 Å². The molecule has 3 aromatic carbocycles. The maximum Gasteiger partial charge on any atom is 0.174 e. The van der Waals surface area contributed by atoms with Gasteiger partial charge < -0.3 is 24.3 Å². The molecule has 41 heavy (non-hydrogen) atoms. The van der Waals surface area contributed by atoms with Crippen molar-refractivity contribution in [2.24, 2.45) is 0 Å². The summed E-state index contributed by atoms with van der Waals surface area (Å²) in [5.74, 6) is 1.91. The van der Waals surface area contributed by atoms with Gasteiger partial charge >= 0.3 is 0 Å². The minimum atomic E-state index is -0.272. The van der Waals surface area contributed by atoms with Gasteiger partial charge in [0.05, 0.1) is 30.6 Å². The average molecular weight is 565 g/mol. The van der Waals surface area contributed by atoms with Gasteiger partial charge in [0.1, 0.15) is 23.1 Å². The van der Waals surface area contributed by atoms with Crippen LogP contribution < -0.4 is 19.7 Å². The lowest BCUT2D eigenvalue weighted by molar-refractivity contribution is 0.413. The van der Waals surface area contributed by atoms with Crippen LogP contribution in [0.5, 0.6) is 17.2 Å². The second kappa shape index (κ2) is 11.1. The van der Waals surface area contributed by atoms with Crippen LogP contribution in [-0.4, -0.2) is 21.8 Å². The number of methoxy groups -OCH3 is 1. The molecule has 6 nitrogen and oxygen atoms in total. The predicted octanol–water partition coefficient (Wildman–Crippen LogP) is 7.61. The largest absolute Gasteiger partial charge is 0.497 e. The number of nitrogens with zero attached hydrogens (tertiary/aromatic N) is 3. The number of para-hydroxylation sites is 1. The summed E-state index contributed by atoms with van der Waals surface area (Å²) in [6.45, 7) is 4.02. The van der Waals surface area contributed by atoms with Crippen molar-refractivity contribution in [1.82, 2.24) is 14.9 Å². The molecule has 0 radical (unpaired) electrons. The molecule has 0 spiro atoms. The fourth-order valence-corrected chi connectivity index (χ4v) is 5.84. The van der Waals surface area contributed by atoms with Crippen molar-refractivity contribution in [1.29, 1.82) is 0 Å². The Morgan fingerprint density at radius 2 is 1.51 bits per heavy atom. The highest BCUT2D eigenvalue weighted by Gasteiger charge is 2.42. The van der Waals surface area contributed by atoms with E-state index in [-0.39, 0.29) is 17.9 Å². The molecule has 0 unspecified atom stereocenters. The number of rotatable bonds is 7. The lowest BCUT2D eigenvalue weighted by Gasteiger charge is -2.28. The van der Waals surface area contributed by atoms with E-state index < -0.39 is 0 Å². The third kappa shape index (κ3) is 5.02. The number of hydrogen-bond acceptors (Lipinski definition) is 4. The Bertz CT molecular complexity index is 1690. The van der Waals surface area contributed by atoms with Gasteiger partial charge in [-0.1, -0.05) is 18.2 Å². The van der Waals surface area contributed by atoms with Crippen molar-refractivity contribution < 1.29 is 13.9 Å². The molecular weight excluding hydrogens is 535 g/mol. The number of benzene rings is 3. The second-order valence-corrected chi connectivity index (χ2v) is 10.3. The Morgan fingerprint density at radius 3 is 2.17 bits per heavy atom. The highest BCUT2D eigenvalue weighted by Crippen LogP contribution is 2.44. The molecule has 1 N–H and O–H groups in total. The number of aryl methyl sites for hydroxylation is 1. The Balaban J connectivity index is 1.39. The maximum absolute atomic E-state index is 14.9. The Morgan fingerprint density at radius 1 is 0.854 bits per heavy atom. The molecule has 2 atom stereocenters. The number of hydrogen-bond donors (Lipinski definition) is 1. The number of anilines is 1. The van der Waals surface area contributed by atoms with Gasteiger partial charge in [-0.3, -0.25) is 4.98 Å². The summed E-state index contributed by atoms with van der Waals surface area (Å²) >= 11 is 5.91. The molecule has 0 saturated carbocycles. The SMILES string of the molecule is COc1ccc(Oc2ccc(N3C(=S)N[C@@H](c4ccccn4)[C@@H]3c3cc(C)n(-c4ccccc4F)c3C)cc2)cc1. The van der Waals surface area contributed by atoms with Gasteiger partial charge in [0.2, 0.25) is 0 Å². The number of thiocarbonyl (C=S) groups is 1. The van der Waals surface area contributed by atoms with Crippen molar-refractivity contribution in [2.75, 3.05) is 12.0 Å². The molecule has 5 aromatic rings. The van der Waals surface area contributed by atoms with E-state index in [1.807, 2.05) is 91.2 Å². The first-order valence-electron chi connectivity index (χ1n) is 13.3. The highest BCUT2D eigenvalue weighted by atomic mass is 32.1. The molecule has 1 aliphatic rings. The lowest BCUT2D eigenvalue weighted by Crippen LogP contribution is -2.29. The quantitative estimate of drug-likeness (QED) is 0.205. The van der Waals surface area contributed by atoms with Gasteiger partial charge in [0.25, 0.3) is 0 Å². The van der Waals surface area contributed by atoms with Gasteiger partial charge in [-0.2, -0.15) is 0 Å². The summed E-state index contributed by atoms with van der Waals surface area (Å²) < 4.78 is 28.2. The van der Waals surface area contributed by atoms with Crippen LogP contribution >= 0.6 is 12.2 Å². The van der Waals surface area contributed by atoms with E-state index in [0.29, 0.717) is 22.3 Å². The Hall–Kier alpha value is -4.69. The normalized spacial score (nSPS) is 16.5. The van der Waals surface area contributed by atoms with E-state index in [1.165, 1.54) is 6.07 Å². The van der Waals surface area contributed by atoms with E-state index in [2.05, 4.69) is 21.3 Å². The monoisotopic (exact) mass is 564 g/mol. The fourth-order valence-electron chi connectivity index (χ4n) is 5.49. The molecule has 1 saturated heterocycles. The highest BCUT2D eigenvalue weighted by molar-refractivity contribution is 7.80. The van der Waals surface area contributed by atoms with Crippen molar-refractivity contribution >= 4 is 23.0 Å². The van der Waals surface area contributed by atoms with Crippen LogP contribution in [-0.2, 0) is 0 Å². The number of pyridine rings is 1. The summed E-state index contributed by atoms with van der Waals surface area (Å²) in [6.07, 6.45) is 1.79. The molecule has 1 fully saturated rings. The van der Waals surface area contributed by atoms with Gasteiger partial charge in [0, 0.05) is 23.3 Å². The van der Waals surface area contributed by atoms with Crippen molar-refractivity contribution in [3.63, 3.8) is 0 Å². The fraction of sp³-hybridized carbons (Fsp3) is 0.152. The van der Waals surface area contributed by atoms with Crippen LogP contribution in [0.4, 0.5) is 10.1 Å². The number of nitrogens with one attached hydrogen (secondary N) is 1. The van der Waals surface area contributed by atoms with E-state index in [9.17, 15) is 4.39 Å². The van der Waals surface area contributed by atoms with Gasteiger partial charge in [-0.25, -0.2) is 4.39 Å². The molecule has 0 bridgehead atoms. The first kappa shape index (κ1) is 26.5. The molecule has 206 valence electrons. The average Bonchev–Trinajstić information content (AvgIpc) is 3.49. The van der Waals surface area contributed by atoms with E-state index >= 15 is 0 Å². The molecule has 0 amide bonds. The van der Waals surface area contributed by atoms with Crippen molar-refractivity contribution in [3.8, 4) is 22.9 Å². The maximum atomic E-state index is 14.9. The van der Waals surface area contributed by atoms with Crippen LogP contribution in [0, 0.1) is 19.7 Å². The topological polar surface area (TPSA) is 51.6 Å². The zero-order chi connectivity index (χ0) is 28.5. The molecule has 2 aromatic heterocycles. The molecule has 1 aliphatic heterocycles. The minimum Gasteiger partial charge on any atom is -0.497 e. The van der Waals surface area contributed by atoms with E-state index in [4.69, 9.17) is 21.7 Å². The molecule has 8 heteroatoms. The van der Waals surface area contributed by atoms with Crippen LogP contribution in [0.3, 0.4) is 0 Å². The standard InChI is InChI=1S/C33H29FN4O2S/c1-21-20-27(22(2)37(21)30-10-5-4-8-28(30)34)32-31(29-9-6-7-19-35-29)36-33(41)38(32)23-11-13-25(14-12-23)40-26-17-15-24(39-3)16-18-26/h4-20,31-32H,1-3H3,(H,36,41)/t31-,32-/m0/s1. The van der Waals surface area contributed by atoms with Gasteiger partial charge in [0.15, 0.2) is 5.11 Å². The molecular formula is C33H29FN4O2S. The summed E-state index contributed by atoms with van der Waals surface area (Å²) in [5, 5.41) is 4.10. The number of ether oxygens (including phenoxy) is 2. The smallest absolute Gasteiger partial charge is 0.174 e. The summed E-state index contributed by atoms with van der Waals surface area (Å²) in [5.41, 5.74) is 5.20. The number of halogens is 1. The summed E-state index contributed by atoms with van der Waals surface area (Å²) in [4.78, 5) is 6.77. The van der Waals surface area contributed by atoms with Crippen LogP contribution in [0.1, 0.15) is 34.7 Å². The third-order valence-corrected chi connectivity index (χ3v) is 7.70. The van der Waals surface area contributed by atoms with Gasteiger partial charge in [-0.05, 0) is 110 Å². The van der Waals surface area contributed by atoms with Crippen LogP contribution in [0.15, 0.2) is 103 Å². The second-order valence-electron chi connectivity index (χ2n) is 9.88. The van der Waals surface area contributed by atoms with Crippen LogP contribution in [0.25, 0.3) is 5.69 Å². The van der Waals surface area contributed by atoms with Crippen LogP contribution in [0.2, 0.25) is 0 Å². The number of aromatic nitrogens is 2. The van der Waals surface area contributed by atoms with E-state index in [0.717, 1.165) is 34.1 Å². The first-order valence-corrected chi connectivity index (χ1v) is 13.7. The van der Waals surface area contributed by atoms with Crippen molar-refractivity contribution in [3.05, 3.63) is 132 Å². The van der Waals surface area contributed by atoms with E-state index in [1.54, 1.807) is 25.4 Å². The van der Waals surface area contributed by atoms with Crippen molar-refractivity contribution in [2.45, 2.75) is 25.9 Å². The Kier molecular flexibility index (Phi) is 7.15. The third-order valence-electron chi connectivity index (χ3n) is 7.39. The molecule has 0 aliphatic carbocycles. The Labute approximate surface area is 244 Å². The zero-order valence-corrected chi connectivity index (χ0v) is 23.7. The summed E-state index contributed by atoms with van der Waals surface area (Å²) in [7, 11) is 1.63.